The summed E-state index contributed by atoms with van der Waals surface area (Å²) >= 11 is 12.9. The van der Waals surface area contributed by atoms with Gasteiger partial charge in [-0.2, -0.15) is 9.64 Å². The van der Waals surface area contributed by atoms with Crippen molar-refractivity contribution in [1.82, 2.24) is 9.36 Å². The summed E-state index contributed by atoms with van der Waals surface area (Å²) < 4.78 is 4.18. The highest BCUT2D eigenvalue weighted by Crippen LogP contribution is 2.37. The summed E-state index contributed by atoms with van der Waals surface area (Å²) in [5, 5.41) is 28.0. The molecule has 3 aromatic rings. The van der Waals surface area contributed by atoms with E-state index in [1.165, 1.54) is 18.3 Å². The Labute approximate surface area is 138 Å². The van der Waals surface area contributed by atoms with Gasteiger partial charge in [-0.3, -0.25) is 4.98 Å². The number of halogens is 2. The number of hydrogen-bond acceptors (Lipinski definition) is 7. The molecule has 0 aliphatic rings. The molecule has 0 aliphatic carbocycles. The molecule has 6 nitrogen and oxygen atoms in total. The van der Waals surface area contributed by atoms with Gasteiger partial charge in [0, 0.05) is 18.5 Å². The van der Waals surface area contributed by atoms with Crippen LogP contribution in [0.25, 0.3) is 10.9 Å². The highest BCUT2D eigenvalue weighted by Gasteiger charge is 2.11. The molecule has 22 heavy (non-hydrogen) atoms. The fourth-order valence-corrected chi connectivity index (χ4v) is 2.76. The summed E-state index contributed by atoms with van der Waals surface area (Å²) in [6.45, 7) is 0. The zero-order chi connectivity index (χ0) is 15.7. The number of nitrogens with zero attached hydrogens (tertiary/aromatic N) is 5. The third-order valence-corrected chi connectivity index (χ3v) is 4.11. The lowest BCUT2D eigenvalue weighted by atomic mass is 10.2. The van der Waals surface area contributed by atoms with E-state index in [0.29, 0.717) is 27.2 Å². The molecule has 0 unspecified atom stereocenters. The minimum absolute atomic E-state index is 0.126. The molecule has 2 heterocycles. The molecule has 0 bridgehead atoms. The molecule has 0 spiro atoms. The number of phenolic OH excluding ortho intramolecular Hbond substituents is 1. The second-order valence-corrected chi connectivity index (χ2v) is 5.70. The van der Waals surface area contributed by atoms with Crippen LogP contribution in [0.5, 0.6) is 5.75 Å². The molecule has 0 atom stereocenters. The predicted molar refractivity (Wildman–Crippen MR) is 84.4 cm³/mol. The van der Waals surface area contributed by atoms with Crippen molar-refractivity contribution in [3.8, 4) is 11.8 Å². The maximum absolute atomic E-state index is 9.44. The van der Waals surface area contributed by atoms with Crippen molar-refractivity contribution in [3.05, 3.63) is 40.1 Å². The number of benzene rings is 1. The van der Waals surface area contributed by atoms with Gasteiger partial charge in [-0.25, -0.2) is 0 Å². The monoisotopic (exact) mass is 349 g/mol. The summed E-state index contributed by atoms with van der Waals surface area (Å²) in [5.74, 6) is -0.128. The quantitative estimate of drug-likeness (QED) is 0.659. The van der Waals surface area contributed by atoms with E-state index in [9.17, 15) is 5.11 Å². The van der Waals surface area contributed by atoms with Gasteiger partial charge in [-0.05, 0) is 17.6 Å². The van der Waals surface area contributed by atoms with Gasteiger partial charge in [-0.1, -0.05) is 23.2 Å². The lowest BCUT2D eigenvalue weighted by Crippen LogP contribution is -1.79. The number of rotatable bonds is 2. The first-order valence-electron chi connectivity index (χ1n) is 5.83. The van der Waals surface area contributed by atoms with Crippen molar-refractivity contribution in [2.24, 2.45) is 10.2 Å². The Morgan fingerprint density at radius 1 is 1.18 bits per heavy atom. The van der Waals surface area contributed by atoms with E-state index in [2.05, 4.69) is 19.6 Å². The first-order valence-corrected chi connectivity index (χ1v) is 7.36. The summed E-state index contributed by atoms with van der Waals surface area (Å²) in [4.78, 5) is 3.98. The first kappa shape index (κ1) is 14.7. The predicted octanol–water partition coefficient (Wildman–Crippen LogP) is 4.99. The van der Waals surface area contributed by atoms with E-state index in [1.807, 2.05) is 6.07 Å². The maximum Gasteiger partial charge on any atom is 0.168 e. The Hall–Kier alpha value is -2.27. The standard InChI is InChI=1S/C13H5Cl2N5OS/c14-8-2-11(21)9(15)1-10(8)18-19-13-7-5-17-4-6(3-16)12(7)20-22-13/h1-2,4-5,21H. The van der Waals surface area contributed by atoms with Gasteiger partial charge in [0.25, 0.3) is 0 Å². The van der Waals surface area contributed by atoms with E-state index in [-0.39, 0.29) is 15.8 Å². The third kappa shape index (κ3) is 2.60. The molecular formula is C13H5Cl2N5OS. The molecule has 3 rings (SSSR count). The second-order valence-electron chi connectivity index (χ2n) is 4.14. The van der Waals surface area contributed by atoms with Gasteiger partial charge in [0.2, 0.25) is 0 Å². The molecule has 0 fully saturated rings. The van der Waals surface area contributed by atoms with Crippen LogP contribution < -0.4 is 0 Å². The minimum atomic E-state index is -0.128. The molecule has 2 aromatic heterocycles. The molecule has 1 aromatic carbocycles. The number of phenols is 1. The number of pyridine rings is 1. The van der Waals surface area contributed by atoms with Crippen LogP contribution in [0.2, 0.25) is 10.0 Å². The number of aromatic nitrogens is 2. The molecule has 0 saturated carbocycles. The maximum atomic E-state index is 9.44. The van der Waals surface area contributed by atoms with Gasteiger partial charge < -0.3 is 5.11 Å². The van der Waals surface area contributed by atoms with E-state index in [4.69, 9.17) is 28.5 Å². The second kappa shape index (κ2) is 5.85. The molecule has 108 valence electrons. The number of aromatic hydroxyl groups is 1. The fourth-order valence-electron chi connectivity index (χ4n) is 1.70. The highest BCUT2D eigenvalue weighted by molar-refractivity contribution is 7.11. The molecule has 1 N–H and O–H groups in total. The van der Waals surface area contributed by atoms with Crippen LogP contribution in [0.4, 0.5) is 10.7 Å². The van der Waals surface area contributed by atoms with Gasteiger partial charge in [-0.15, -0.1) is 10.2 Å². The van der Waals surface area contributed by atoms with Crippen molar-refractivity contribution in [3.63, 3.8) is 0 Å². The summed E-state index contributed by atoms with van der Waals surface area (Å²) in [5.41, 5.74) is 1.22. The Morgan fingerprint density at radius 3 is 2.77 bits per heavy atom. The number of hydrogen-bond donors (Lipinski definition) is 1. The zero-order valence-corrected chi connectivity index (χ0v) is 13.0. The summed E-state index contributed by atoms with van der Waals surface area (Å²) in [7, 11) is 0. The van der Waals surface area contributed by atoms with Gasteiger partial charge in [0.15, 0.2) is 5.00 Å². The fraction of sp³-hybridized carbons (Fsp3) is 0. The van der Waals surface area contributed by atoms with Crippen molar-refractivity contribution >= 4 is 56.3 Å². The van der Waals surface area contributed by atoms with Crippen LogP contribution in [-0.4, -0.2) is 14.5 Å². The van der Waals surface area contributed by atoms with E-state index in [0.717, 1.165) is 11.5 Å². The number of fused-ring (bicyclic) bond motifs is 1. The SMILES string of the molecule is N#Cc1cncc2c(N=Nc3cc(Cl)c(O)cc3Cl)snc12. The van der Waals surface area contributed by atoms with Crippen LogP contribution >= 0.6 is 34.7 Å². The normalized spacial score (nSPS) is 11.1. The molecular weight excluding hydrogens is 345 g/mol. The highest BCUT2D eigenvalue weighted by atomic mass is 35.5. The number of azo groups is 1. The van der Waals surface area contributed by atoms with Crippen LogP contribution in [0.15, 0.2) is 34.8 Å². The van der Waals surface area contributed by atoms with Gasteiger partial charge in [0.05, 0.1) is 21.0 Å². The lowest BCUT2D eigenvalue weighted by molar-refractivity contribution is 0.475. The van der Waals surface area contributed by atoms with Crippen molar-refractivity contribution in [2.75, 3.05) is 0 Å². The topological polar surface area (TPSA) is 94.5 Å². The van der Waals surface area contributed by atoms with E-state index >= 15 is 0 Å². The van der Waals surface area contributed by atoms with Crippen LogP contribution in [0.3, 0.4) is 0 Å². The first-order chi connectivity index (χ1) is 10.6. The molecule has 0 aliphatic heterocycles. The number of nitriles is 1. The zero-order valence-electron chi connectivity index (χ0n) is 10.7. The van der Waals surface area contributed by atoms with Crippen LogP contribution in [0, 0.1) is 11.3 Å². The van der Waals surface area contributed by atoms with Crippen molar-refractivity contribution < 1.29 is 5.11 Å². The van der Waals surface area contributed by atoms with Crippen LogP contribution in [0.1, 0.15) is 5.56 Å². The van der Waals surface area contributed by atoms with Crippen molar-refractivity contribution in [1.29, 1.82) is 5.26 Å². The van der Waals surface area contributed by atoms with E-state index < -0.39 is 0 Å². The summed E-state index contributed by atoms with van der Waals surface area (Å²) in [6, 6.07) is 4.72. The van der Waals surface area contributed by atoms with Gasteiger partial charge >= 0.3 is 0 Å². The summed E-state index contributed by atoms with van der Waals surface area (Å²) in [6.07, 6.45) is 3.01. The Kier molecular flexibility index (Phi) is 3.90. The molecule has 0 radical (unpaired) electrons. The Bertz CT molecular complexity index is 947. The molecule has 9 heteroatoms. The van der Waals surface area contributed by atoms with Crippen LogP contribution in [-0.2, 0) is 0 Å². The average molecular weight is 350 g/mol. The minimum Gasteiger partial charge on any atom is -0.506 e. The Balaban J connectivity index is 2.04. The van der Waals surface area contributed by atoms with Crippen molar-refractivity contribution in [2.45, 2.75) is 0 Å². The Morgan fingerprint density at radius 2 is 2.00 bits per heavy atom. The van der Waals surface area contributed by atoms with Gasteiger partial charge in [0.1, 0.15) is 23.0 Å². The van der Waals surface area contributed by atoms with E-state index in [1.54, 1.807) is 6.20 Å². The molecule has 0 saturated heterocycles. The molecule has 0 amide bonds. The largest absolute Gasteiger partial charge is 0.506 e. The third-order valence-electron chi connectivity index (χ3n) is 2.76. The smallest absolute Gasteiger partial charge is 0.168 e. The average Bonchev–Trinajstić information content (AvgIpc) is 2.93. The lowest BCUT2D eigenvalue weighted by Gasteiger charge is -2.00.